The number of hydrogen-bond donors (Lipinski definition) is 5. The van der Waals surface area contributed by atoms with Crippen molar-refractivity contribution in [3.8, 4) is 11.5 Å². The highest BCUT2D eigenvalue weighted by Crippen LogP contribution is 2.48. The molecule has 14 heteroatoms. The topological polar surface area (TPSA) is 182 Å². The normalized spacial score (nSPS) is 25.8. The van der Waals surface area contributed by atoms with Crippen LogP contribution in [-0.4, -0.2) is 84.2 Å². The summed E-state index contributed by atoms with van der Waals surface area (Å²) in [6.45, 7) is 5.96. The minimum atomic E-state index is -4.57. The van der Waals surface area contributed by atoms with Crippen molar-refractivity contribution < 1.29 is 52.7 Å². The minimum Gasteiger partial charge on any atom is -0.497 e. The van der Waals surface area contributed by atoms with E-state index in [0.29, 0.717) is 12.2 Å². The Morgan fingerprint density at radius 1 is 1.16 bits per heavy atom. The maximum atomic E-state index is 14.2. The number of rotatable bonds is 14. The molecule has 38 heavy (non-hydrogen) atoms. The van der Waals surface area contributed by atoms with E-state index in [1.54, 1.807) is 26.0 Å². The van der Waals surface area contributed by atoms with Crippen LogP contribution in [0.5, 0.6) is 11.5 Å². The van der Waals surface area contributed by atoms with Crippen LogP contribution in [0.3, 0.4) is 0 Å². The quantitative estimate of drug-likeness (QED) is 0.124. The highest BCUT2D eigenvalue weighted by Gasteiger charge is 2.50. The third kappa shape index (κ3) is 8.91. The highest BCUT2D eigenvalue weighted by atomic mass is 31.2. The number of unbranched alkanes of at least 4 members (excludes halogenated alkanes) is 1. The van der Waals surface area contributed by atoms with Gasteiger partial charge in [0.2, 0.25) is 5.91 Å². The number of methoxy groups -OCH3 is 1. The Hall–Kier alpha value is -2.25. The fourth-order valence-corrected chi connectivity index (χ4v) is 5.54. The molecule has 0 aliphatic carbocycles. The lowest BCUT2D eigenvalue weighted by Gasteiger charge is -2.43. The number of aliphatic hydroxyl groups excluding tert-OH is 3. The van der Waals surface area contributed by atoms with E-state index in [-0.39, 0.29) is 12.4 Å². The monoisotopic (exact) mass is 562 g/mol. The van der Waals surface area contributed by atoms with Crippen molar-refractivity contribution in [2.24, 2.45) is 5.92 Å². The fourth-order valence-electron chi connectivity index (χ4n) is 3.66. The number of aliphatic hydroxyl groups is 3. The van der Waals surface area contributed by atoms with Crippen LogP contribution in [-0.2, 0) is 28.2 Å². The van der Waals surface area contributed by atoms with Gasteiger partial charge in [-0.3, -0.25) is 14.1 Å². The Labute approximate surface area is 222 Å². The Morgan fingerprint density at radius 3 is 2.32 bits per heavy atom. The SMILES string of the molecule is CCCCOC(=O)C(NP(=O)(Oc1ccc(OC)cc1)O[C@@H]1[C@H](O)[C@@H](CO)O[C@H](O)[C@@H]1NC(C)=O)C(C)C. The second-order valence-corrected chi connectivity index (χ2v) is 10.8. The van der Waals surface area contributed by atoms with Crippen molar-refractivity contribution in [3.05, 3.63) is 24.3 Å². The molecule has 0 bridgehead atoms. The van der Waals surface area contributed by atoms with Gasteiger partial charge in [0.25, 0.3) is 0 Å². The molecule has 7 atom stereocenters. The van der Waals surface area contributed by atoms with Crippen LogP contribution < -0.4 is 19.7 Å². The summed E-state index contributed by atoms with van der Waals surface area (Å²) in [5.41, 5.74) is 0. The molecule has 0 spiro atoms. The van der Waals surface area contributed by atoms with Gasteiger partial charge in [-0.25, -0.2) is 4.57 Å². The van der Waals surface area contributed by atoms with E-state index in [0.717, 1.165) is 6.42 Å². The maximum absolute atomic E-state index is 14.2. The molecule has 2 unspecified atom stereocenters. The number of carbonyl (C=O) groups is 2. The van der Waals surface area contributed by atoms with Crippen LogP contribution in [0.1, 0.15) is 40.5 Å². The molecule has 2 rings (SSSR count). The van der Waals surface area contributed by atoms with Crippen LogP contribution in [0.2, 0.25) is 0 Å². The maximum Gasteiger partial charge on any atom is 0.459 e. The third-order valence-electron chi connectivity index (χ3n) is 5.75. The molecule has 1 heterocycles. The van der Waals surface area contributed by atoms with Crippen LogP contribution in [0.25, 0.3) is 0 Å². The smallest absolute Gasteiger partial charge is 0.459 e. The van der Waals surface area contributed by atoms with Crippen molar-refractivity contribution in [1.82, 2.24) is 10.4 Å². The van der Waals surface area contributed by atoms with Gasteiger partial charge in [-0.15, -0.1) is 0 Å². The predicted octanol–water partition coefficient (Wildman–Crippen LogP) is 1.10. The average Bonchev–Trinajstić information content (AvgIpc) is 2.87. The van der Waals surface area contributed by atoms with E-state index in [9.17, 15) is 29.5 Å². The molecule has 1 aliphatic heterocycles. The zero-order valence-corrected chi connectivity index (χ0v) is 23.1. The Kier molecular flexibility index (Phi) is 12.4. The first kappa shape index (κ1) is 32.0. The van der Waals surface area contributed by atoms with Gasteiger partial charge >= 0.3 is 13.7 Å². The second kappa shape index (κ2) is 14.8. The summed E-state index contributed by atoms with van der Waals surface area (Å²) in [5.74, 6) is -1.14. The van der Waals surface area contributed by atoms with Gasteiger partial charge in [0, 0.05) is 6.92 Å². The summed E-state index contributed by atoms with van der Waals surface area (Å²) in [7, 11) is -3.10. The van der Waals surface area contributed by atoms with E-state index in [4.69, 9.17) is 23.3 Å². The van der Waals surface area contributed by atoms with Crippen molar-refractivity contribution in [2.45, 2.75) is 77.2 Å². The minimum absolute atomic E-state index is 0.0698. The first-order chi connectivity index (χ1) is 17.9. The molecule has 0 saturated carbocycles. The van der Waals surface area contributed by atoms with Crippen LogP contribution in [0.4, 0.5) is 0 Å². The number of ether oxygens (including phenoxy) is 3. The van der Waals surface area contributed by atoms with Crippen molar-refractivity contribution in [3.63, 3.8) is 0 Å². The predicted molar refractivity (Wildman–Crippen MR) is 135 cm³/mol. The summed E-state index contributed by atoms with van der Waals surface area (Å²) in [4.78, 5) is 24.7. The standard InChI is InChI=1S/C24H39N2O11P/c1-6-7-12-34-23(30)19(14(2)3)26-38(32,36-17-10-8-16(33-5)9-11-17)37-22-20(25-15(4)28)24(31)35-18(13-27)21(22)29/h8-11,14,18-22,24,27,29,31H,6-7,12-13H2,1-5H3,(H,25,28)(H,26,32)/t18-,19?,20-,21-,22+,24+,38?/m1/s1. The molecule has 1 aromatic rings. The summed E-state index contributed by atoms with van der Waals surface area (Å²) in [5, 5.41) is 35.9. The number of carbonyl (C=O) groups excluding carboxylic acids is 2. The lowest BCUT2D eigenvalue weighted by molar-refractivity contribution is -0.250. The van der Waals surface area contributed by atoms with Crippen LogP contribution >= 0.6 is 7.75 Å². The molecule has 0 radical (unpaired) electrons. The van der Waals surface area contributed by atoms with E-state index < -0.39 is 68.8 Å². The lowest BCUT2D eigenvalue weighted by Crippen LogP contribution is -2.64. The van der Waals surface area contributed by atoms with Gasteiger partial charge in [0.1, 0.15) is 41.9 Å². The van der Waals surface area contributed by atoms with Crippen molar-refractivity contribution in [2.75, 3.05) is 20.3 Å². The molecule has 13 nitrogen and oxygen atoms in total. The molecule has 1 aliphatic rings. The Balaban J connectivity index is 2.45. The lowest BCUT2D eigenvalue weighted by atomic mass is 9.97. The van der Waals surface area contributed by atoms with Crippen molar-refractivity contribution >= 4 is 19.6 Å². The van der Waals surface area contributed by atoms with Crippen LogP contribution in [0, 0.1) is 5.92 Å². The summed E-state index contributed by atoms with van der Waals surface area (Å²) >= 11 is 0. The van der Waals surface area contributed by atoms with Gasteiger partial charge < -0.3 is 39.4 Å². The molecule has 1 amide bonds. The average molecular weight is 563 g/mol. The molecule has 5 N–H and O–H groups in total. The number of hydrogen-bond acceptors (Lipinski definition) is 11. The summed E-state index contributed by atoms with van der Waals surface area (Å²) < 4.78 is 41.4. The van der Waals surface area contributed by atoms with Gasteiger partial charge in [0.15, 0.2) is 6.29 Å². The van der Waals surface area contributed by atoms with E-state index in [1.165, 1.54) is 26.2 Å². The van der Waals surface area contributed by atoms with Gasteiger partial charge in [0.05, 0.1) is 20.3 Å². The number of amides is 1. The zero-order chi connectivity index (χ0) is 28.5. The molecule has 1 saturated heterocycles. The fraction of sp³-hybridized carbons (Fsp3) is 0.667. The van der Waals surface area contributed by atoms with E-state index >= 15 is 0 Å². The molecule has 1 aromatic carbocycles. The van der Waals surface area contributed by atoms with Gasteiger partial charge in [-0.2, -0.15) is 5.09 Å². The molecular formula is C24H39N2O11P. The van der Waals surface area contributed by atoms with Gasteiger partial charge in [-0.05, 0) is 36.6 Å². The Morgan fingerprint density at radius 2 is 1.79 bits per heavy atom. The largest absolute Gasteiger partial charge is 0.497 e. The number of nitrogens with one attached hydrogen (secondary N) is 2. The van der Waals surface area contributed by atoms with E-state index in [2.05, 4.69) is 10.4 Å². The molecular weight excluding hydrogens is 523 g/mol. The molecule has 216 valence electrons. The Bertz CT molecular complexity index is 946. The zero-order valence-electron chi connectivity index (χ0n) is 22.2. The molecule has 0 aromatic heterocycles. The highest BCUT2D eigenvalue weighted by molar-refractivity contribution is 7.52. The van der Waals surface area contributed by atoms with Gasteiger partial charge in [-0.1, -0.05) is 27.2 Å². The third-order valence-corrected chi connectivity index (χ3v) is 7.31. The van der Waals surface area contributed by atoms with Crippen molar-refractivity contribution in [1.29, 1.82) is 0 Å². The molecule has 1 fully saturated rings. The first-order valence-electron chi connectivity index (χ1n) is 12.4. The first-order valence-corrected chi connectivity index (χ1v) is 13.9. The number of esters is 1. The number of benzene rings is 1. The summed E-state index contributed by atoms with van der Waals surface area (Å²) in [6.07, 6.45) is -4.84. The summed E-state index contributed by atoms with van der Waals surface area (Å²) in [6, 6.07) is 3.47. The second-order valence-electron chi connectivity index (χ2n) is 9.17. The van der Waals surface area contributed by atoms with Crippen LogP contribution in [0.15, 0.2) is 24.3 Å². The van der Waals surface area contributed by atoms with E-state index in [1.807, 2.05) is 6.92 Å².